The van der Waals surface area contributed by atoms with E-state index in [1.54, 1.807) is 13.1 Å². The van der Waals surface area contributed by atoms with Gasteiger partial charge in [-0.3, -0.25) is 4.98 Å². The topological polar surface area (TPSA) is 137 Å². The zero-order valence-electron chi connectivity index (χ0n) is 20.4. The van der Waals surface area contributed by atoms with Crippen molar-refractivity contribution in [3.63, 3.8) is 0 Å². The molecule has 0 unspecified atom stereocenters. The molecule has 0 amide bonds. The number of halogens is 4. The van der Waals surface area contributed by atoms with Gasteiger partial charge < -0.3 is 30.4 Å². The third-order valence-corrected chi connectivity index (χ3v) is 6.44. The summed E-state index contributed by atoms with van der Waals surface area (Å²) in [5, 5.41) is 37.1. The third kappa shape index (κ3) is 6.61. The summed E-state index contributed by atoms with van der Waals surface area (Å²) in [5.74, 6) is 0.362. The number of nitrogens with one attached hydrogen (secondary N) is 2. The van der Waals surface area contributed by atoms with Crippen LogP contribution in [0.25, 0.3) is 22.3 Å². The van der Waals surface area contributed by atoms with Gasteiger partial charge in [-0.1, -0.05) is 6.92 Å². The Labute approximate surface area is 217 Å². The zero-order chi connectivity index (χ0) is 26.0. The monoisotopic (exact) mass is 545 g/mol. The van der Waals surface area contributed by atoms with Gasteiger partial charge >= 0.3 is 6.18 Å². The van der Waals surface area contributed by atoms with Crippen molar-refractivity contribution in [2.45, 2.75) is 64.0 Å². The second kappa shape index (κ2) is 11.8. The second-order valence-electron chi connectivity index (χ2n) is 9.09. The van der Waals surface area contributed by atoms with Gasteiger partial charge in [-0.2, -0.15) is 18.2 Å². The molecular formula is C24H31ClF3N5O4. The van der Waals surface area contributed by atoms with E-state index in [-0.39, 0.29) is 37.9 Å². The van der Waals surface area contributed by atoms with Crippen LogP contribution in [0.3, 0.4) is 0 Å². The van der Waals surface area contributed by atoms with Crippen molar-refractivity contribution in [2.24, 2.45) is 5.92 Å². The van der Waals surface area contributed by atoms with Crippen molar-refractivity contribution in [1.82, 2.24) is 15.0 Å². The molecule has 4 atom stereocenters. The fraction of sp³-hybridized carbons (Fsp3) is 0.542. The lowest BCUT2D eigenvalue weighted by molar-refractivity contribution is -0.134. The number of aromatic nitrogens is 3. The first kappa shape index (κ1) is 28.9. The molecule has 3 aromatic heterocycles. The molecule has 0 saturated heterocycles. The van der Waals surface area contributed by atoms with Crippen LogP contribution >= 0.6 is 12.4 Å². The molecule has 9 nitrogen and oxygen atoms in total. The number of aliphatic hydroxyl groups excluding tert-OH is 3. The molecule has 3 heterocycles. The van der Waals surface area contributed by atoms with Crippen molar-refractivity contribution in [1.29, 1.82) is 0 Å². The van der Waals surface area contributed by atoms with Crippen molar-refractivity contribution in [3.8, 4) is 11.3 Å². The molecule has 3 aromatic rings. The lowest BCUT2D eigenvalue weighted by atomic mass is 10.1. The predicted octanol–water partition coefficient (Wildman–Crippen LogP) is 3.85. The molecule has 1 saturated carbocycles. The standard InChI is InChI=1S/C24H30F3N5O4.ClH/c1-3-15-7-13-9-17(36-18(13)10-29-15)19-12(2)30-23(28-6-4-5-24(25,26)27)32-22(19)31-16-8-14(11-33)20(34)21(16)35;/h7,9-10,14,16,20-21,33-35H,3-6,8,11H2,1-2H3,(H2,28,30,31,32);1H/t14-,16-,20-,21+;/m1./s1. The lowest BCUT2D eigenvalue weighted by Crippen LogP contribution is -2.35. The van der Waals surface area contributed by atoms with Crippen LogP contribution in [0.2, 0.25) is 0 Å². The molecule has 1 aliphatic rings. The number of fused-ring (bicyclic) bond motifs is 1. The summed E-state index contributed by atoms with van der Waals surface area (Å²) in [6.07, 6.45) is -4.88. The number of hydrogen-bond donors (Lipinski definition) is 5. The van der Waals surface area contributed by atoms with Crippen LogP contribution < -0.4 is 10.6 Å². The summed E-state index contributed by atoms with van der Waals surface area (Å²) < 4.78 is 43.5. The molecule has 204 valence electrons. The summed E-state index contributed by atoms with van der Waals surface area (Å²) in [5.41, 5.74) is 2.48. The maximum atomic E-state index is 12.5. The lowest BCUT2D eigenvalue weighted by Gasteiger charge is -2.21. The summed E-state index contributed by atoms with van der Waals surface area (Å²) >= 11 is 0. The third-order valence-electron chi connectivity index (χ3n) is 6.44. The van der Waals surface area contributed by atoms with Crippen LogP contribution in [0.1, 0.15) is 37.6 Å². The molecule has 1 fully saturated rings. The minimum atomic E-state index is -4.24. The maximum absolute atomic E-state index is 12.5. The van der Waals surface area contributed by atoms with Crippen molar-refractivity contribution in [3.05, 3.63) is 29.7 Å². The molecule has 37 heavy (non-hydrogen) atoms. The largest absolute Gasteiger partial charge is 0.454 e. The van der Waals surface area contributed by atoms with Crippen LogP contribution in [-0.2, 0) is 6.42 Å². The van der Waals surface area contributed by atoms with E-state index < -0.39 is 36.8 Å². The Morgan fingerprint density at radius 1 is 1.16 bits per heavy atom. The van der Waals surface area contributed by atoms with Crippen LogP contribution in [0.15, 0.2) is 22.7 Å². The molecule has 0 aromatic carbocycles. The number of pyridine rings is 1. The highest BCUT2D eigenvalue weighted by Crippen LogP contribution is 2.37. The van der Waals surface area contributed by atoms with Gasteiger partial charge in [0.1, 0.15) is 17.7 Å². The number of anilines is 2. The minimum absolute atomic E-state index is 0. The van der Waals surface area contributed by atoms with E-state index in [9.17, 15) is 28.5 Å². The second-order valence-corrected chi connectivity index (χ2v) is 9.09. The number of aryl methyl sites for hydroxylation is 2. The molecule has 5 N–H and O–H groups in total. The number of furan rings is 1. The van der Waals surface area contributed by atoms with E-state index in [1.165, 1.54) is 0 Å². The van der Waals surface area contributed by atoms with E-state index in [4.69, 9.17) is 4.42 Å². The van der Waals surface area contributed by atoms with Crippen LogP contribution in [0, 0.1) is 12.8 Å². The number of rotatable bonds is 9. The Morgan fingerprint density at radius 2 is 1.92 bits per heavy atom. The average Bonchev–Trinajstić information content (AvgIpc) is 3.36. The van der Waals surface area contributed by atoms with Gasteiger partial charge in [0, 0.05) is 36.6 Å². The first-order valence-electron chi connectivity index (χ1n) is 11.9. The number of nitrogens with zero attached hydrogens (tertiary/aromatic N) is 3. The molecular weight excluding hydrogens is 515 g/mol. The highest BCUT2D eigenvalue weighted by Gasteiger charge is 2.41. The SMILES string of the molecule is CCc1cc2cc(-c3c(C)nc(NCCCC(F)(F)F)nc3N[C@@H]3C[C@H](CO)[C@@H](O)[C@H]3O)oc2cn1.Cl. The Balaban J connectivity index is 0.00000380. The fourth-order valence-electron chi connectivity index (χ4n) is 4.47. The Morgan fingerprint density at radius 3 is 2.57 bits per heavy atom. The van der Waals surface area contributed by atoms with Crippen molar-refractivity contribution in [2.75, 3.05) is 23.8 Å². The maximum Gasteiger partial charge on any atom is 0.389 e. The highest BCUT2D eigenvalue weighted by molar-refractivity contribution is 5.86. The minimum Gasteiger partial charge on any atom is -0.454 e. The molecule has 0 aliphatic heterocycles. The van der Waals surface area contributed by atoms with E-state index >= 15 is 0 Å². The van der Waals surface area contributed by atoms with Crippen LogP contribution in [0.4, 0.5) is 24.9 Å². The fourth-order valence-corrected chi connectivity index (χ4v) is 4.47. The van der Waals surface area contributed by atoms with Gasteiger partial charge in [-0.25, -0.2) is 4.98 Å². The van der Waals surface area contributed by atoms with Crippen molar-refractivity contribution >= 4 is 35.1 Å². The molecule has 1 aliphatic carbocycles. The first-order chi connectivity index (χ1) is 17.1. The molecule has 0 bridgehead atoms. The van der Waals surface area contributed by atoms with Gasteiger partial charge in [0.05, 0.1) is 29.6 Å². The van der Waals surface area contributed by atoms with Gasteiger partial charge in [0.15, 0.2) is 5.58 Å². The smallest absolute Gasteiger partial charge is 0.389 e. The summed E-state index contributed by atoms with van der Waals surface area (Å²) in [4.78, 5) is 13.2. The summed E-state index contributed by atoms with van der Waals surface area (Å²) in [6, 6.07) is 3.13. The van der Waals surface area contributed by atoms with E-state index in [0.29, 0.717) is 34.8 Å². The first-order valence-corrected chi connectivity index (χ1v) is 11.9. The Hall–Kier alpha value is -2.67. The van der Waals surface area contributed by atoms with Crippen LogP contribution in [0.5, 0.6) is 0 Å². The van der Waals surface area contributed by atoms with Crippen molar-refractivity contribution < 1.29 is 32.9 Å². The van der Waals surface area contributed by atoms with E-state index in [2.05, 4.69) is 25.6 Å². The van der Waals surface area contributed by atoms with E-state index in [1.807, 2.05) is 19.1 Å². The Bertz CT molecular complexity index is 1210. The highest BCUT2D eigenvalue weighted by atomic mass is 35.5. The van der Waals surface area contributed by atoms with Gasteiger partial charge in [0.2, 0.25) is 5.95 Å². The van der Waals surface area contributed by atoms with E-state index in [0.717, 1.165) is 17.5 Å². The summed E-state index contributed by atoms with van der Waals surface area (Å²) in [7, 11) is 0. The van der Waals surface area contributed by atoms with Gasteiger partial charge in [-0.15, -0.1) is 12.4 Å². The molecule has 0 radical (unpaired) electrons. The predicted molar refractivity (Wildman–Crippen MR) is 135 cm³/mol. The normalized spacial score (nSPS) is 21.7. The van der Waals surface area contributed by atoms with Gasteiger partial charge in [-0.05, 0) is 38.3 Å². The zero-order valence-corrected chi connectivity index (χ0v) is 21.2. The molecule has 4 rings (SSSR count). The Kier molecular flexibility index (Phi) is 9.22. The van der Waals surface area contributed by atoms with Gasteiger partial charge in [0.25, 0.3) is 0 Å². The number of hydrogen-bond acceptors (Lipinski definition) is 9. The number of aliphatic hydroxyl groups is 3. The average molecular weight is 546 g/mol. The quantitative estimate of drug-likeness (QED) is 0.254. The summed E-state index contributed by atoms with van der Waals surface area (Å²) in [6.45, 7) is 3.46. The molecule has 0 spiro atoms. The van der Waals surface area contributed by atoms with Crippen LogP contribution in [-0.4, -0.2) is 67.8 Å². The molecule has 13 heteroatoms. The number of alkyl halides is 3.